The van der Waals surface area contributed by atoms with Gasteiger partial charge in [-0.1, -0.05) is 48.0 Å². The summed E-state index contributed by atoms with van der Waals surface area (Å²) in [6, 6.07) is 19.1. The van der Waals surface area contributed by atoms with Crippen LogP contribution in [0.5, 0.6) is 0 Å². The molecule has 6 heteroatoms. The maximum Gasteiger partial charge on any atom is 0.173 e. The molecule has 1 heterocycles. The quantitative estimate of drug-likeness (QED) is 0.468. The van der Waals surface area contributed by atoms with Gasteiger partial charge < -0.3 is 10.2 Å². The van der Waals surface area contributed by atoms with Crippen molar-refractivity contribution in [3.63, 3.8) is 0 Å². The highest BCUT2D eigenvalue weighted by Crippen LogP contribution is 2.22. The zero-order valence-corrected chi connectivity index (χ0v) is 17.3. The normalized spacial score (nSPS) is 11.8. The monoisotopic (exact) mass is 418 g/mol. The number of anilines is 1. The van der Waals surface area contributed by atoms with E-state index in [4.69, 9.17) is 23.8 Å². The van der Waals surface area contributed by atoms with Crippen molar-refractivity contribution in [1.82, 2.24) is 4.90 Å². The predicted octanol–water partition coefficient (Wildman–Crippen LogP) is 6.37. The van der Waals surface area contributed by atoms with Gasteiger partial charge >= 0.3 is 0 Å². The van der Waals surface area contributed by atoms with Gasteiger partial charge in [-0.25, -0.2) is 4.39 Å². The van der Waals surface area contributed by atoms with E-state index in [0.29, 0.717) is 17.3 Å². The van der Waals surface area contributed by atoms with Crippen LogP contribution in [0.25, 0.3) is 0 Å². The number of benzene rings is 2. The van der Waals surface area contributed by atoms with E-state index in [9.17, 15) is 4.39 Å². The van der Waals surface area contributed by atoms with Crippen LogP contribution in [0.1, 0.15) is 17.4 Å². The van der Waals surface area contributed by atoms with Crippen molar-refractivity contribution in [2.45, 2.75) is 25.9 Å². The Morgan fingerprint density at radius 2 is 1.96 bits per heavy atom. The highest BCUT2D eigenvalue weighted by atomic mass is 35.5. The first-order chi connectivity index (χ1) is 13.0. The Labute approximate surface area is 173 Å². The van der Waals surface area contributed by atoms with E-state index < -0.39 is 5.82 Å². The summed E-state index contributed by atoms with van der Waals surface area (Å²) < 4.78 is 13.4. The third-order valence-electron chi connectivity index (χ3n) is 4.24. The van der Waals surface area contributed by atoms with Gasteiger partial charge in [0.05, 0.1) is 5.02 Å². The minimum Gasteiger partial charge on any atom is -0.342 e. The lowest BCUT2D eigenvalue weighted by Crippen LogP contribution is -2.41. The van der Waals surface area contributed by atoms with E-state index in [2.05, 4.69) is 46.8 Å². The molecule has 0 bridgehead atoms. The number of hydrogen-bond acceptors (Lipinski definition) is 2. The highest BCUT2D eigenvalue weighted by molar-refractivity contribution is 7.80. The number of rotatable bonds is 6. The Hall–Kier alpha value is -1.95. The fraction of sp³-hybridized carbons (Fsp3) is 0.190. The molecular weight excluding hydrogens is 399 g/mol. The van der Waals surface area contributed by atoms with E-state index in [1.165, 1.54) is 16.5 Å². The van der Waals surface area contributed by atoms with E-state index in [0.717, 1.165) is 6.42 Å². The average molecular weight is 419 g/mol. The molecule has 3 rings (SSSR count). The van der Waals surface area contributed by atoms with E-state index in [1.54, 1.807) is 23.5 Å². The molecule has 0 aliphatic carbocycles. The van der Waals surface area contributed by atoms with Gasteiger partial charge in [0.2, 0.25) is 0 Å². The summed E-state index contributed by atoms with van der Waals surface area (Å²) in [7, 11) is 0. The molecule has 0 radical (unpaired) electrons. The van der Waals surface area contributed by atoms with Crippen molar-refractivity contribution in [2.75, 3.05) is 5.32 Å². The maximum absolute atomic E-state index is 13.4. The SMILES string of the molecule is C[C@@H](Cc1cccs1)N(Cc1ccccc1)C(=S)Nc1ccc(F)c(Cl)c1. The van der Waals surface area contributed by atoms with Crippen molar-refractivity contribution in [3.8, 4) is 0 Å². The molecule has 2 aromatic carbocycles. The topological polar surface area (TPSA) is 15.3 Å². The Bertz CT molecular complexity index is 884. The fourth-order valence-electron chi connectivity index (χ4n) is 2.81. The first-order valence-corrected chi connectivity index (χ1v) is 10.3. The molecule has 0 aliphatic rings. The highest BCUT2D eigenvalue weighted by Gasteiger charge is 2.19. The molecule has 0 amide bonds. The van der Waals surface area contributed by atoms with Gasteiger partial charge in [-0.05, 0) is 54.4 Å². The average Bonchev–Trinajstić information content (AvgIpc) is 3.16. The van der Waals surface area contributed by atoms with Crippen LogP contribution in [0, 0.1) is 5.82 Å². The molecule has 1 atom stereocenters. The van der Waals surface area contributed by atoms with Crippen LogP contribution in [0.15, 0.2) is 66.0 Å². The number of halogens is 2. The van der Waals surface area contributed by atoms with Gasteiger partial charge in [0, 0.05) is 29.6 Å². The second-order valence-electron chi connectivity index (χ2n) is 6.31. The summed E-state index contributed by atoms with van der Waals surface area (Å²) in [5, 5.41) is 5.95. The predicted molar refractivity (Wildman–Crippen MR) is 117 cm³/mol. The zero-order chi connectivity index (χ0) is 19.2. The minimum absolute atomic E-state index is 0.0732. The van der Waals surface area contributed by atoms with Crippen molar-refractivity contribution in [2.24, 2.45) is 0 Å². The smallest absolute Gasteiger partial charge is 0.173 e. The van der Waals surface area contributed by atoms with E-state index in [-0.39, 0.29) is 11.1 Å². The molecule has 140 valence electrons. The number of hydrogen-bond donors (Lipinski definition) is 1. The third-order valence-corrected chi connectivity index (χ3v) is 5.76. The summed E-state index contributed by atoms with van der Waals surface area (Å²) >= 11 is 13.3. The standard InChI is InChI=1S/C21H20ClFN2S2/c1-15(12-18-8-5-11-27-18)25(14-16-6-3-2-4-7-16)21(26)24-17-9-10-20(23)19(22)13-17/h2-11,13,15H,12,14H2,1H3,(H,24,26)/t15-/m0/s1. The fourth-order valence-corrected chi connectivity index (χ4v) is 4.18. The molecule has 0 unspecified atom stereocenters. The van der Waals surface area contributed by atoms with Crippen LogP contribution in [-0.4, -0.2) is 16.1 Å². The largest absolute Gasteiger partial charge is 0.342 e. The van der Waals surface area contributed by atoms with Crippen LogP contribution >= 0.6 is 35.2 Å². The molecule has 0 spiro atoms. The zero-order valence-electron chi connectivity index (χ0n) is 14.9. The number of thiophene rings is 1. The molecule has 1 aromatic heterocycles. The number of nitrogens with zero attached hydrogens (tertiary/aromatic N) is 1. The van der Waals surface area contributed by atoms with Crippen LogP contribution in [0.2, 0.25) is 5.02 Å². The Balaban J connectivity index is 1.78. The molecule has 27 heavy (non-hydrogen) atoms. The van der Waals surface area contributed by atoms with E-state index in [1.807, 2.05) is 18.2 Å². The summed E-state index contributed by atoms with van der Waals surface area (Å²) in [5.41, 5.74) is 1.85. The van der Waals surface area contributed by atoms with Gasteiger partial charge in [0.1, 0.15) is 5.82 Å². The molecule has 0 saturated heterocycles. The minimum atomic E-state index is -0.444. The number of nitrogens with one attached hydrogen (secondary N) is 1. The van der Waals surface area contributed by atoms with Gasteiger partial charge in [0.25, 0.3) is 0 Å². The van der Waals surface area contributed by atoms with E-state index >= 15 is 0 Å². The molecule has 3 aromatic rings. The van der Waals surface area contributed by atoms with Crippen molar-refractivity contribution >= 4 is 46.0 Å². The lowest BCUT2D eigenvalue weighted by molar-refractivity contribution is 0.326. The van der Waals surface area contributed by atoms with Gasteiger partial charge in [0.15, 0.2) is 5.11 Å². The van der Waals surface area contributed by atoms with Crippen LogP contribution in [0.3, 0.4) is 0 Å². The molecule has 0 aliphatic heterocycles. The second-order valence-corrected chi connectivity index (χ2v) is 8.13. The van der Waals surface area contributed by atoms with Gasteiger partial charge in [-0.3, -0.25) is 0 Å². The Morgan fingerprint density at radius 1 is 1.19 bits per heavy atom. The van der Waals surface area contributed by atoms with Gasteiger partial charge in [-0.15, -0.1) is 11.3 Å². The Morgan fingerprint density at radius 3 is 2.63 bits per heavy atom. The maximum atomic E-state index is 13.4. The lowest BCUT2D eigenvalue weighted by Gasteiger charge is -2.32. The first-order valence-electron chi connectivity index (χ1n) is 8.62. The summed E-state index contributed by atoms with van der Waals surface area (Å²) in [5.74, 6) is -0.444. The van der Waals surface area contributed by atoms with Crippen LogP contribution in [0.4, 0.5) is 10.1 Å². The number of thiocarbonyl (C=S) groups is 1. The van der Waals surface area contributed by atoms with Crippen molar-refractivity contribution in [1.29, 1.82) is 0 Å². The summed E-state index contributed by atoms with van der Waals surface area (Å²) in [6.07, 6.45) is 0.899. The molecule has 0 saturated carbocycles. The molecule has 0 fully saturated rings. The summed E-state index contributed by atoms with van der Waals surface area (Å²) in [4.78, 5) is 3.47. The molecule has 2 nitrogen and oxygen atoms in total. The van der Waals surface area contributed by atoms with Crippen LogP contribution < -0.4 is 5.32 Å². The van der Waals surface area contributed by atoms with Crippen molar-refractivity contribution in [3.05, 3.63) is 87.3 Å². The lowest BCUT2D eigenvalue weighted by atomic mass is 10.1. The summed E-state index contributed by atoms with van der Waals surface area (Å²) in [6.45, 7) is 2.85. The van der Waals surface area contributed by atoms with Crippen LogP contribution in [-0.2, 0) is 13.0 Å². The second kappa shape index (κ2) is 9.31. The van der Waals surface area contributed by atoms with Gasteiger partial charge in [-0.2, -0.15) is 0 Å². The molecular formula is C21H20ClFN2S2. The first kappa shape index (κ1) is 19.8. The third kappa shape index (κ3) is 5.51. The van der Waals surface area contributed by atoms with Crippen molar-refractivity contribution < 1.29 is 4.39 Å². The molecule has 1 N–H and O–H groups in total. The Kier molecular flexibility index (Phi) is 6.83.